The van der Waals surface area contributed by atoms with Crippen LogP contribution in [0, 0.1) is 11.8 Å². The van der Waals surface area contributed by atoms with E-state index in [1.165, 1.54) is 57.7 Å². The van der Waals surface area contributed by atoms with E-state index in [9.17, 15) is 4.79 Å². The fourth-order valence-electron chi connectivity index (χ4n) is 3.85. The first-order valence-electron chi connectivity index (χ1n) is 9.55. The van der Waals surface area contributed by atoms with Crippen LogP contribution in [0.2, 0.25) is 0 Å². The Kier molecular flexibility index (Phi) is 9.52. The number of unbranched alkanes of at least 4 members (excludes halogenated alkanes) is 3. The number of hydrogen-bond donors (Lipinski definition) is 0. The van der Waals surface area contributed by atoms with Gasteiger partial charge in [-0.3, -0.25) is 9.69 Å². The van der Waals surface area contributed by atoms with Gasteiger partial charge in [0.05, 0.1) is 0 Å². The van der Waals surface area contributed by atoms with Gasteiger partial charge in [0.25, 0.3) is 0 Å². The fourth-order valence-corrected chi connectivity index (χ4v) is 3.85. The highest BCUT2D eigenvalue weighted by atomic mass is 35.5. The summed E-state index contributed by atoms with van der Waals surface area (Å²) in [6.45, 7) is 10.8. The fraction of sp³-hybridized carbons (Fsp3) is 0.667. The average Bonchev–Trinajstić information content (AvgIpc) is 2.54. The Hall–Kier alpha value is -1.06. The van der Waals surface area contributed by atoms with Crippen molar-refractivity contribution in [3.63, 3.8) is 0 Å². The third-order valence-corrected chi connectivity index (χ3v) is 5.42. The summed E-state index contributed by atoms with van der Waals surface area (Å²) in [5.41, 5.74) is 1.28. The molecule has 142 valence electrons. The van der Waals surface area contributed by atoms with Gasteiger partial charge in [-0.1, -0.05) is 52.2 Å². The van der Waals surface area contributed by atoms with Crippen molar-refractivity contribution in [3.05, 3.63) is 29.8 Å². The maximum atomic E-state index is 11.3. The van der Waals surface area contributed by atoms with E-state index >= 15 is 0 Å². The number of nitrogens with zero attached hydrogens (tertiary/aromatic N) is 1. The van der Waals surface area contributed by atoms with Gasteiger partial charge in [0, 0.05) is 13.0 Å². The van der Waals surface area contributed by atoms with Gasteiger partial charge < -0.3 is 4.74 Å². The molecule has 1 aromatic rings. The van der Waals surface area contributed by atoms with Crippen LogP contribution in [0.5, 0.6) is 5.75 Å². The SMILES string of the molecule is CCCCCCN1CCC(C)C(C)C1c1cccc(OC(C)=O)c1.Cl. The lowest BCUT2D eigenvalue weighted by atomic mass is 9.79. The van der Waals surface area contributed by atoms with E-state index < -0.39 is 0 Å². The molecule has 25 heavy (non-hydrogen) atoms. The first-order valence-corrected chi connectivity index (χ1v) is 9.55. The molecule has 1 aliphatic heterocycles. The molecule has 3 atom stereocenters. The number of esters is 1. The van der Waals surface area contributed by atoms with Gasteiger partial charge in [0.2, 0.25) is 0 Å². The van der Waals surface area contributed by atoms with Crippen molar-refractivity contribution in [2.45, 2.75) is 65.8 Å². The smallest absolute Gasteiger partial charge is 0.308 e. The molecule has 0 N–H and O–H groups in total. The number of likely N-dealkylation sites (tertiary alicyclic amines) is 1. The molecule has 1 fully saturated rings. The largest absolute Gasteiger partial charge is 0.427 e. The second kappa shape index (κ2) is 10.8. The topological polar surface area (TPSA) is 29.5 Å². The minimum absolute atomic E-state index is 0. The zero-order chi connectivity index (χ0) is 17.5. The zero-order valence-corrected chi connectivity index (χ0v) is 17.0. The molecule has 0 spiro atoms. The molecule has 3 nitrogen and oxygen atoms in total. The van der Waals surface area contributed by atoms with Crippen LogP contribution < -0.4 is 4.74 Å². The van der Waals surface area contributed by atoms with Gasteiger partial charge in [-0.15, -0.1) is 12.4 Å². The maximum absolute atomic E-state index is 11.3. The van der Waals surface area contributed by atoms with Gasteiger partial charge >= 0.3 is 5.97 Å². The van der Waals surface area contributed by atoms with Gasteiger partial charge in [-0.2, -0.15) is 0 Å². The Morgan fingerprint density at radius 2 is 2.00 bits per heavy atom. The van der Waals surface area contributed by atoms with Crippen LogP contribution in [0.3, 0.4) is 0 Å². The molecule has 1 saturated heterocycles. The first-order chi connectivity index (χ1) is 11.5. The number of hydrogen-bond acceptors (Lipinski definition) is 3. The summed E-state index contributed by atoms with van der Waals surface area (Å²) in [5.74, 6) is 1.74. The summed E-state index contributed by atoms with van der Waals surface area (Å²) in [6, 6.07) is 8.54. The van der Waals surface area contributed by atoms with Gasteiger partial charge in [0.1, 0.15) is 5.75 Å². The van der Waals surface area contributed by atoms with Crippen molar-refractivity contribution in [2.75, 3.05) is 13.1 Å². The lowest BCUT2D eigenvalue weighted by molar-refractivity contribution is -0.131. The lowest BCUT2D eigenvalue weighted by Gasteiger charge is -2.44. The van der Waals surface area contributed by atoms with Crippen LogP contribution in [0.4, 0.5) is 0 Å². The van der Waals surface area contributed by atoms with Gasteiger partial charge in [-0.05, 0) is 55.5 Å². The third kappa shape index (κ3) is 6.31. The van der Waals surface area contributed by atoms with Crippen molar-refractivity contribution < 1.29 is 9.53 Å². The summed E-state index contributed by atoms with van der Waals surface area (Å²) in [4.78, 5) is 13.9. The highest BCUT2D eigenvalue weighted by Crippen LogP contribution is 2.40. The molecule has 1 aromatic carbocycles. The number of halogens is 1. The van der Waals surface area contributed by atoms with Crippen LogP contribution in [-0.4, -0.2) is 24.0 Å². The molecule has 0 bridgehead atoms. The Balaban J connectivity index is 0.00000312. The molecule has 0 radical (unpaired) electrons. The molecule has 2 rings (SSSR count). The molecule has 0 saturated carbocycles. The predicted molar refractivity (Wildman–Crippen MR) is 106 cm³/mol. The normalized spacial score (nSPS) is 23.8. The van der Waals surface area contributed by atoms with Crippen LogP contribution in [-0.2, 0) is 4.79 Å². The second-order valence-electron chi connectivity index (χ2n) is 7.33. The molecule has 4 heteroatoms. The van der Waals surface area contributed by atoms with Crippen molar-refractivity contribution in [2.24, 2.45) is 11.8 Å². The minimum Gasteiger partial charge on any atom is -0.427 e. The molecule has 1 aliphatic rings. The minimum atomic E-state index is -0.256. The quantitative estimate of drug-likeness (QED) is 0.355. The summed E-state index contributed by atoms with van der Waals surface area (Å²) >= 11 is 0. The van der Waals surface area contributed by atoms with Crippen molar-refractivity contribution in [3.8, 4) is 5.75 Å². The van der Waals surface area contributed by atoms with Crippen LogP contribution >= 0.6 is 12.4 Å². The Morgan fingerprint density at radius 3 is 2.68 bits per heavy atom. The molecule has 3 unspecified atom stereocenters. The number of rotatable bonds is 7. The van der Waals surface area contributed by atoms with E-state index in [-0.39, 0.29) is 18.4 Å². The van der Waals surface area contributed by atoms with Gasteiger partial charge in [0.15, 0.2) is 0 Å². The number of benzene rings is 1. The molecule has 0 aromatic heterocycles. The lowest BCUT2D eigenvalue weighted by Crippen LogP contribution is -2.42. The standard InChI is InChI=1S/C21H33NO2.ClH/c1-5-6-7-8-13-22-14-12-16(2)17(3)21(22)19-10-9-11-20(15-19)24-18(4)23;/h9-11,15-17,21H,5-8,12-14H2,1-4H3;1H. The highest BCUT2D eigenvalue weighted by Gasteiger charge is 2.33. The monoisotopic (exact) mass is 367 g/mol. The zero-order valence-electron chi connectivity index (χ0n) is 16.2. The third-order valence-electron chi connectivity index (χ3n) is 5.42. The van der Waals surface area contributed by atoms with Gasteiger partial charge in [-0.25, -0.2) is 0 Å². The average molecular weight is 368 g/mol. The predicted octanol–water partition coefficient (Wildman–Crippen LogP) is 5.63. The van der Waals surface area contributed by atoms with E-state index in [0.717, 1.165) is 5.92 Å². The maximum Gasteiger partial charge on any atom is 0.308 e. The Bertz CT molecular complexity index is 534. The van der Waals surface area contributed by atoms with E-state index in [2.05, 4.69) is 37.8 Å². The number of carbonyl (C=O) groups is 1. The second-order valence-corrected chi connectivity index (χ2v) is 7.33. The van der Waals surface area contributed by atoms with Crippen molar-refractivity contribution >= 4 is 18.4 Å². The van der Waals surface area contributed by atoms with Crippen molar-refractivity contribution in [1.29, 1.82) is 0 Å². The van der Waals surface area contributed by atoms with E-state index in [4.69, 9.17) is 4.74 Å². The van der Waals surface area contributed by atoms with E-state index in [1.54, 1.807) is 0 Å². The summed E-state index contributed by atoms with van der Waals surface area (Å²) in [6.07, 6.45) is 6.47. The number of carbonyl (C=O) groups excluding carboxylic acids is 1. The van der Waals surface area contributed by atoms with E-state index in [0.29, 0.717) is 17.7 Å². The Morgan fingerprint density at radius 1 is 1.24 bits per heavy atom. The summed E-state index contributed by atoms with van der Waals surface area (Å²) in [5, 5.41) is 0. The van der Waals surface area contributed by atoms with Crippen LogP contribution in [0.25, 0.3) is 0 Å². The molecule has 1 heterocycles. The summed E-state index contributed by atoms with van der Waals surface area (Å²) < 4.78 is 5.30. The van der Waals surface area contributed by atoms with E-state index in [1.807, 2.05) is 12.1 Å². The number of ether oxygens (including phenoxy) is 1. The van der Waals surface area contributed by atoms with Crippen molar-refractivity contribution in [1.82, 2.24) is 4.90 Å². The highest BCUT2D eigenvalue weighted by molar-refractivity contribution is 5.85. The Labute approximate surface area is 159 Å². The first kappa shape index (κ1) is 22.0. The molecule has 0 aliphatic carbocycles. The molecular formula is C21H34ClNO2. The molecular weight excluding hydrogens is 334 g/mol. The van der Waals surface area contributed by atoms with Crippen LogP contribution in [0.1, 0.15) is 71.4 Å². The number of piperidine rings is 1. The molecule has 0 amide bonds. The van der Waals surface area contributed by atoms with Crippen LogP contribution in [0.15, 0.2) is 24.3 Å². The summed E-state index contributed by atoms with van der Waals surface area (Å²) in [7, 11) is 0.